The summed E-state index contributed by atoms with van der Waals surface area (Å²) in [6.07, 6.45) is 1.68. The zero-order valence-electron chi connectivity index (χ0n) is 18.7. The number of nitrogens with zero attached hydrogens (tertiary/aromatic N) is 4. The standard InChI is InChI=1S/C23H27F2N5O3/c1-12-20(10-26-12)28-11-17(9-27-28)15-4-5-18-19(6-15)30(22(32)33)21(13(2)29(18)14(3)31)16-7-23(24,25)8-16/h4-6,9,11-13,16,20-21,26H,7-8,10H2,1-3H3,(H,32,33)/t12-,13-,20?,21?/m0/s1. The second kappa shape index (κ2) is 7.51. The van der Waals surface area contributed by atoms with Crippen LogP contribution >= 0.6 is 0 Å². The molecule has 4 atom stereocenters. The Morgan fingerprint density at radius 3 is 2.42 bits per heavy atom. The number of hydrogen-bond donors (Lipinski definition) is 2. The molecule has 2 aromatic rings. The van der Waals surface area contributed by atoms with Gasteiger partial charge in [0.2, 0.25) is 11.8 Å². The highest BCUT2D eigenvalue weighted by atomic mass is 19.3. The van der Waals surface area contributed by atoms with E-state index < -0.39 is 30.0 Å². The molecule has 8 nitrogen and oxygen atoms in total. The molecule has 2 N–H and O–H groups in total. The molecule has 2 amide bonds. The molecule has 2 aliphatic heterocycles. The van der Waals surface area contributed by atoms with Crippen LogP contribution in [0.15, 0.2) is 30.6 Å². The Morgan fingerprint density at radius 1 is 1.15 bits per heavy atom. The minimum absolute atomic E-state index is 0.253. The Balaban J connectivity index is 1.56. The predicted octanol–water partition coefficient (Wildman–Crippen LogP) is 3.74. The largest absolute Gasteiger partial charge is 0.465 e. The van der Waals surface area contributed by atoms with Crippen molar-refractivity contribution < 1.29 is 23.5 Å². The van der Waals surface area contributed by atoms with Crippen LogP contribution in [0.5, 0.6) is 0 Å². The summed E-state index contributed by atoms with van der Waals surface area (Å²) >= 11 is 0. The lowest BCUT2D eigenvalue weighted by Gasteiger charge is -2.52. The Labute approximate surface area is 190 Å². The Kier molecular flexibility index (Phi) is 4.97. The van der Waals surface area contributed by atoms with Gasteiger partial charge in [-0.15, -0.1) is 0 Å². The van der Waals surface area contributed by atoms with E-state index in [-0.39, 0.29) is 24.8 Å². The molecule has 1 aliphatic carbocycles. The zero-order valence-corrected chi connectivity index (χ0v) is 18.7. The van der Waals surface area contributed by atoms with Gasteiger partial charge in [0.25, 0.3) is 0 Å². The molecule has 3 aliphatic rings. The maximum atomic E-state index is 13.7. The number of carbonyl (C=O) groups excluding carboxylic acids is 1. The number of amides is 2. The Morgan fingerprint density at radius 2 is 1.88 bits per heavy atom. The van der Waals surface area contributed by atoms with Gasteiger partial charge in [0.1, 0.15) is 0 Å². The number of nitrogens with one attached hydrogen (secondary N) is 1. The van der Waals surface area contributed by atoms with Crippen LogP contribution < -0.4 is 15.1 Å². The number of hydrogen-bond acceptors (Lipinski definition) is 4. The van der Waals surface area contributed by atoms with Crippen LogP contribution in [0.2, 0.25) is 0 Å². The molecule has 0 bridgehead atoms. The van der Waals surface area contributed by atoms with Crippen LogP contribution in [0.25, 0.3) is 11.1 Å². The van der Waals surface area contributed by atoms with Gasteiger partial charge in [-0.05, 0) is 37.5 Å². The van der Waals surface area contributed by atoms with Gasteiger partial charge in [-0.3, -0.25) is 14.4 Å². The number of halogens is 2. The van der Waals surface area contributed by atoms with Crippen molar-refractivity contribution >= 4 is 23.4 Å². The average molecular weight is 459 g/mol. The molecule has 1 aromatic heterocycles. The van der Waals surface area contributed by atoms with Gasteiger partial charge < -0.3 is 15.3 Å². The first-order chi connectivity index (χ1) is 15.6. The summed E-state index contributed by atoms with van der Waals surface area (Å²) in [6.45, 7) is 6.06. The molecule has 0 radical (unpaired) electrons. The highest BCUT2D eigenvalue weighted by Gasteiger charge is 2.55. The number of benzene rings is 1. The number of fused-ring (bicyclic) bond motifs is 1. The van der Waals surface area contributed by atoms with E-state index in [1.165, 1.54) is 16.7 Å². The third-order valence-corrected chi connectivity index (χ3v) is 7.34. The molecule has 2 fully saturated rings. The SMILES string of the molecule is CC(=O)N1c2ccc(-c3cnn(C4CN[C@H]4C)c3)cc2N(C(=O)O)C(C2CC(F)(F)C2)[C@@H]1C. The predicted molar refractivity (Wildman–Crippen MR) is 119 cm³/mol. The molecule has 5 rings (SSSR count). The maximum Gasteiger partial charge on any atom is 0.412 e. The number of rotatable bonds is 3. The first-order valence-corrected chi connectivity index (χ1v) is 11.2. The van der Waals surface area contributed by atoms with Crippen LogP contribution in [0.4, 0.5) is 25.0 Å². The number of carboxylic acid groups (broad SMARTS) is 1. The van der Waals surface area contributed by atoms with Crippen molar-refractivity contribution in [3.05, 3.63) is 30.6 Å². The molecular weight excluding hydrogens is 432 g/mol. The fourth-order valence-electron chi connectivity index (χ4n) is 5.54. The van der Waals surface area contributed by atoms with E-state index in [0.29, 0.717) is 17.4 Å². The van der Waals surface area contributed by atoms with Crippen molar-refractivity contribution in [2.24, 2.45) is 5.92 Å². The zero-order chi connectivity index (χ0) is 23.7. The maximum absolute atomic E-state index is 13.7. The van der Waals surface area contributed by atoms with E-state index in [1.807, 2.05) is 16.9 Å². The quantitative estimate of drug-likeness (QED) is 0.730. The summed E-state index contributed by atoms with van der Waals surface area (Å²) in [5, 5.41) is 17.9. The van der Waals surface area contributed by atoms with E-state index in [2.05, 4.69) is 17.3 Å². The lowest BCUT2D eigenvalue weighted by atomic mass is 9.72. The molecule has 0 spiro atoms. The topological polar surface area (TPSA) is 90.7 Å². The average Bonchev–Trinajstić information content (AvgIpc) is 3.18. The Bertz CT molecular complexity index is 1110. The summed E-state index contributed by atoms with van der Waals surface area (Å²) in [7, 11) is 0. The summed E-state index contributed by atoms with van der Waals surface area (Å²) in [5.74, 6) is -3.57. The minimum atomic E-state index is -2.79. The number of carbonyl (C=O) groups is 2. The first-order valence-electron chi connectivity index (χ1n) is 11.2. The molecule has 1 saturated heterocycles. The molecule has 1 aromatic carbocycles. The lowest BCUT2D eigenvalue weighted by molar-refractivity contribution is -0.121. The first kappa shape index (κ1) is 21.8. The molecule has 33 heavy (non-hydrogen) atoms. The molecular formula is C23H27F2N5O3. The second-order valence-electron chi connectivity index (χ2n) is 9.47. The molecule has 3 heterocycles. The van der Waals surface area contributed by atoms with Crippen LogP contribution in [-0.4, -0.2) is 57.5 Å². The van der Waals surface area contributed by atoms with Crippen LogP contribution in [0.1, 0.15) is 39.7 Å². The summed E-state index contributed by atoms with van der Waals surface area (Å²) < 4.78 is 29.3. The summed E-state index contributed by atoms with van der Waals surface area (Å²) in [4.78, 5) is 27.7. The number of alkyl halides is 2. The molecule has 1 saturated carbocycles. The fourth-order valence-corrected chi connectivity index (χ4v) is 5.54. The minimum Gasteiger partial charge on any atom is -0.465 e. The molecule has 2 unspecified atom stereocenters. The van der Waals surface area contributed by atoms with Gasteiger partial charge in [0.05, 0.1) is 35.7 Å². The van der Waals surface area contributed by atoms with Crippen LogP contribution in [0.3, 0.4) is 0 Å². The van der Waals surface area contributed by atoms with Gasteiger partial charge in [-0.1, -0.05) is 6.07 Å². The normalized spacial score (nSPS) is 28.6. The monoisotopic (exact) mass is 459 g/mol. The molecule has 10 heteroatoms. The van der Waals surface area contributed by atoms with E-state index in [9.17, 15) is 23.5 Å². The van der Waals surface area contributed by atoms with E-state index >= 15 is 0 Å². The fraction of sp³-hybridized carbons (Fsp3) is 0.522. The number of aromatic nitrogens is 2. The van der Waals surface area contributed by atoms with E-state index in [0.717, 1.165) is 17.7 Å². The van der Waals surface area contributed by atoms with Gasteiger partial charge >= 0.3 is 6.09 Å². The van der Waals surface area contributed by atoms with Crippen molar-refractivity contribution in [3.63, 3.8) is 0 Å². The molecule has 176 valence electrons. The van der Waals surface area contributed by atoms with E-state index in [1.54, 1.807) is 25.3 Å². The highest BCUT2D eigenvalue weighted by Crippen LogP contribution is 2.51. The summed E-state index contributed by atoms with van der Waals surface area (Å²) in [6, 6.07) is 4.55. The van der Waals surface area contributed by atoms with Gasteiger partial charge in [-0.25, -0.2) is 13.6 Å². The van der Waals surface area contributed by atoms with Gasteiger partial charge in [0, 0.05) is 44.1 Å². The third kappa shape index (κ3) is 3.47. The van der Waals surface area contributed by atoms with Gasteiger partial charge in [0.15, 0.2) is 0 Å². The lowest BCUT2D eigenvalue weighted by Crippen LogP contribution is -2.63. The third-order valence-electron chi connectivity index (χ3n) is 7.34. The summed E-state index contributed by atoms with van der Waals surface area (Å²) in [5.41, 5.74) is 2.37. The Hall–Kier alpha value is -3.01. The van der Waals surface area contributed by atoms with Crippen molar-refractivity contribution in [2.45, 2.75) is 63.7 Å². The second-order valence-corrected chi connectivity index (χ2v) is 9.47. The van der Waals surface area contributed by atoms with Crippen molar-refractivity contribution in [1.82, 2.24) is 15.1 Å². The van der Waals surface area contributed by atoms with Gasteiger partial charge in [-0.2, -0.15) is 5.10 Å². The van der Waals surface area contributed by atoms with Crippen LogP contribution in [-0.2, 0) is 4.79 Å². The smallest absolute Gasteiger partial charge is 0.412 e. The number of anilines is 2. The van der Waals surface area contributed by atoms with Crippen LogP contribution in [0, 0.1) is 5.92 Å². The van der Waals surface area contributed by atoms with Crippen molar-refractivity contribution in [1.29, 1.82) is 0 Å². The van der Waals surface area contributed by atoms with E-state index in [4.69, 9.17) is 0 Å². The van der Waals surface area contributed by atoms with Crippen molar-refractivity contribution in [3.8, 4) is 11.1 Å². The highest BCUT2D eigenvalue weighted by molar-refractivity contribution is 6.03. The van der Waals surface area contributed by atoms with Crippen molar-refractivity contribution in [2.75, 3.05) is 16.3 Å².